The van der Waals surface area contributed by atoms with E-state index in [1.165, 1.54) is 0 Å². The van der Waals surface area contributed by atoms with Crippen LogP contribution in [-0.4, -0.2) is 22.3 Å². The topological polar surface area (TPSA) is 66.6 Å². The molecule has 0 aliphatic heterocycles. The van der Waals surface area contributed by atoms with E-state index in [0.717, 1.165) is 24.3 Å². The molecule has 0 saturated heterocycles. The van der Waals surface area contributed by atoms with Crippen LogP contribution in [-0.2, 0) is 4.79 Å². The van der Waals surface area contributed by atoms with E-state index in [1.54, 1.807) is 0 Å². The first-order valence-corrected chi connectivity index (χ1v) is 3.86. The highest BCUT2D eigenvalue weighted by Crippen LogP contribution is 2.21. The predicted octanol–water partition coefficient (Wildman–Crippen LogP) is 1.95. The summed E-state index contributed by atoms with van der Waals surface area (Å²) in [7, 11) is 0. The number of hydrogen-bond acceptors (Lipinski definition) is 3. The molecule has 0 atom stereocenters. The van der Waals surface area contributed by atoms with E-state index in [4.69, 9.17) is 5.21 Å². The minimum atomic E-state index is -5.08. The van der Waals surface area contributed by atoms with Gasteiger partial charge < -0.3 is 4.74 Å². The van der Waals surface area contributed by atoms with Crippen molar-refractivity contribution in [3.05, 3.63) is 29.2 Å². The van der Waals surface area contributed by atoms with Crippen molar-refractivity contribution in [1.82, 2.24) is 0 Å². The zero-order chi connectivity index (χ0) is 12.3. The van der Waals surface area contributed by atoms with E-state index < -0.39 is 17.1 Å². The molecule has 0 fully saturated rings. The summed E-state index contributed by atoms with van der Waals surface area (Å²) in [4.78, 5) is 20.2. The van der Waals surface area contributed by atoms with Crippen LogP contribution in [0.25, 0.3) is 0 Å². The number of ether oxygens (including phenoxy) is 1. The standard InChI is InChI=1S/C8H5F3NO4/c9-8(10,11)7(13)16-6-3-1-5(2-4-6)12(14)15/h1-4H,(H,14,15)/q+1. The van der Waals surface area contributed by atoms with Gasteiger partial charge in [-0.3, -0.25) is 0 Å². The van der Waals surface area contributed by atoms with Crippen molar-refractivity contribution in [2.24, 2.45) is 0 Å². The molecule has 0 saturated carbocycles. The Morgan fingerprint density at radius 2 is 1.75 bits per heavy atom. The van der Waals surface area contributed by atoms with E-state index in [0.29, 0.717) is 0 Å². The number of rotatable bonds is 2. The monoisotopic (exact) mass is 236 g/mol. The van der Waals surface area contributed by atoms with Crippen molar-refractivity contribution in [1.29, 1.82) is 0 Å². The lowest BCUT2D eigenvalue weighted by Crippen LogP contribution is -2.27. The average molecular weight is 236 g/mol. The molecule has 1 N–H and O–H groups in total. The summed E-state index contributed by atoms with van der Waals surface area (Å²) in [5.74, 6) is -2.74. The number of halogens is 3. The van der Waals surface area contributed by atoms with Crippen LogP contribution in [0.2, 0.25) is 0 Å². The van der Waals surface area contributed by atoms with Crippen LogP contribution in [0, 0.1) is 4.91 Å². The lowest BCUT2D eigenvalue weighted by Gasteiger charge is -2.05. The Morgan fingerprint density at radius 3 is 2.12 bits per heavy atom. The molecular weight excluding hydrogens is 231 g/mol. The fourth-order valence-corrected chi connectivity index (χ4v) is 0.807. The van der Waals surface area contributed by atoms with Gasteiger partial charge in [0, 0.05) is 12.1 Å². The van der Waals surface area contributed by atoms with Crippen molar-refractivity contribution >= 4 is 11.7 Å². The number of nitrogens with zero attached hydrogens (tertiary/aromatic N) is 1. The zero-order valence-electron chi connectivity index (χ0n) is 7.56. The van der Waals surface area contributed by atoms with Gasteiger partial charge >= 0.3 is 17.8 Å². The second-order valence-electron chi connectivity index (χ2n) is 2.65. The van der Waals surface area contributed by atoms with Gasteiger partial charge in [-0.1, -0.05) is 0 Å². The molecule has 1 aromatic rings. The minimum Gasteiger partial charge on any atom is -0.420 e. The molecule has 1 rings (SSSR count). The summed E-state index contributed by atoms with van der Waals surface area (Å²) in [6.07, 6.45) is -5.08. The molecule has 0 heterocycles. The Balaban J connectivity index is 2.77. The molecular formula is C8H5F3NO4+. The maximum Gasteiger partial charge on any atom is 0.491 e. The molecule has 0 amide bonds. The van der Waals surface area contributed by atoms with Crippen LogP contribution >= 0.6 is 0 Å². The molecule has 8 heteroatoms. The normalized spacial score (nSPS) is 10.9. The molecule has 0 bridgehead atoms. The van der Waals surface area contributed by atoms with Gasteiger partial charge in [0.15, 0.2) is 0 Å². The van der Waals surface area contributed by atoms with Crippen molar-refractivity contribution in [3.8, 4) is 5.75 Å². The quantitative estimate of drug-likeness (QED) is 0.484. The van der Waals surface area contributed by atoms with Gasteiger partial charge in [-0.05, 0) is 12.1 Å². The number of benzene rings is 1. The van der Waals surface area contributed by atoms with Crippen molar-refractivity contribution < 1.29 is 32.8 Å². The van der Waals surface area contributed by atoms with Gasteiger partial charge in [0.25, 0.3) is 4.92 Å². The van der Waals surface area contributed by atoms with Gasteiger partial charge in [-0.15, -0.1) is 0 Å². The van der Waals surface area contributed by atoms with Gasteiger partial charge in [-0.25, -0.2) is 10.0 Å². The molecule has 5 nitrogen and oxygen atoms in total. The summed E-state index contributed by atoms with van der Waals surface area (Å²) < 4.78 is 39.3. The summed E-state index contributed by atoms with van der Waals surface area (Å²) in [5, 5.41) is 8.42. The van der Waals surface area contributed by atoms with Gasteiger partial charge in [-0.2, -0.15) is 13.2 Å². The molecule has 0 aliphatic rings. The third-order valence-corrected chi connectivity index (χ3v) is 1.50. The lowest BCUT2D eigenvalue weighted by molar-refractivity contribution is -0.729. The lowest BCUT2D eigenvalue weighted by atomic mass is 10.3. The predicted molar refractivity (Wildman–Crippen MR) is 43.2 cm³/mol. The summed E-state index contributed by atoms with van der Waals surface area (Å²) in [6.45, 7) is 0. The molecule has 16 heavy (non-hydrogen) atoms. The minimum absolute atomic E-state index is 0.202. The molecule has 86 valence electrons. The van der Waals surface area contributed by atoms with Gasteiger partial charge in [0.05, 0.1) is 4.91 Å². The van der Waals surface area contributed by atoms with Crippen LogP contribution in [0.3, 0.4) is 0 Å². The molecule has 0 spiro atoms. The average Bonchev–Trinajstić information content (AvgIpc) is 2.17. The molecule has 0 radical (unpaired) electrons. The van der Waals surface area contributed by atoms with E-state index in [2.05, 4.69) is 4.74 Å². The van der Waals surface area contributed by atoms with Crippen LogP contribution in [0.4, 0.5) is 18.9 Å². The first kappa shape index (κ1) is 12.0. The largest absolute Gasteiger partial charge is 0.491 e. The molecule has 0 aromatic heterocycles. The first-order valence-electron chi connectivity index (χ1n) is 3.86. The van der Waals surface area contributed by atoms with Crippen LogP contribution in [0.15, 0.2) is 24.3 Å². The Morgan fingerprint density at radius 1 is 1.25 bits per heavy atom. The summed E-state index contributed by atoms with van der Waals surface area (Å²) in [6, 6.07) is 3.87. The maximum absolute atomic E-state index is 11.8. The Bertz CT molecular complexity index is 412. The maximum atomic E-state index is 11.8. The first-order chi connectivity index (χ1) is 7.30. The van der Waals surface area contributed by atoms with Crippen molar-refractivity contribution in [2.75, 3.05) is 0 Å². The van der Waals surface area contributed by atoms with Gasteiger partial charge in [0.1, 0.15) is 5.75 Å². The summed E-state index contributed by atoms with van der Waals surface area (Å²) in [5.41, 5.74) is -0.202. The Labute approximate surface area is 86.6 Å². The number of hydrogen-bond donors (Lipinski definition) is 1. The second-order valence-corrected chi connectivity index (χ2v) is 2.65. The van der Waals surface area contributed by atoms with E-state index in [-0.39, 0.29) is 11.4 Å². The van der Waals surface area contributed by atoms with Crippen LogP contribution in [0.1, 0.15) is 0 Å². The molecule has 1 aromatic carbocycles. The fourth-order valence-electron chi connectivity index (χ4n) is 0.807. The van der Waals surface area contributed by atoms with E-state index in [9.17, 15) is 22.9 Å². The van der Waals surface area contributed by atoms with Crippen LogP contribution < -0.4 is 4.74 Å². The number of alkyl halides is 3. The van der Waals surface area contributed by atoms with Gasteiger partial charge in [0.2, 0.25) is 0 Å². The second kappa shape index (κ2) is 4.17. The Hall–Kier alpha value is -2.12. The summed E-state index contributed by atoms with van der Waals surface area (Å²) >= 11 is 0. The van der Waals surface area contributed by atoms with Crippen molar-refractivity contribution in [2.45, 2.75) is 6.18 Å². The zero-order valence-corrected chi connectivity index (χ0v) is 7.56. The van der Waals surface area contributed by atoms with Crippen LogP contribution in [0.5, 0.6) is 5.75 Å². The Kier molecular flexibility index (Phi) is 3.11. The highest BCUT2D eigenvalue weighted by molar-refractivity contribution is 5.78. The fraction of sp³-hybridized carbons (Fsp3) is 0.125. The molecule has 0 unspecified atom stereocenters. The highest BCUT2D eigenvalue weighted by Gasteiger charge is 2.41. The van der Waals surface area contributed by atoms with E-state index in [1.807, 2.05) is 0 Å². The SMILES string of the molecule is O=C(Oc1ccc([N+](=O)O)cc1)C(F)(F)F. The third kappa shape index (κ3) is 2.94. The van der Waals surface area contributed by atoms with E-state index >= 15 is 0 Å². The number of carbonyl (C=O) groups excluding carboxylic acids is 1. The molecule has 0 aliphatic carbocycles. The smallest absolute Gasteiger partial charge is 0.420 e. The number of esters is 1. The van der Waals surface area contributed by atoms with Crippen molar-refractivity contribution in [3.63, 3.8) is 0 Å². The highest BCUT2D eigenvalue weighted by atomic mass is 19.4. The third-order valence-electron chi connectivity index (χ3n) is 1.50. The number of carbonyl (C=O) groups is 1.